The summed E-state index contributed by atoms with van der Waals surface area (Å²) < 4.78 is 1.82. The van der Waals surface area contributed by atoms with Crippen molar-refractivity contribution in [1.29, 1.82) is 0 Å². The zero-order valence-corrected chi connectivity index (χ0v) is 16.0. The van der Waals surface area contributed by atoms with E-state index in [0.717, 1.165) is 20.3 Å². The van der Waals surface area contributed by atoms with Gasteiger partial charge in [-0.3, -0.25) is 14.5 Å². The first-order valence-corrected chi connectivity index (χ1v) is 9.47. The standard InChI is InChI=1S/C19H13BrN2O3S/c1-10(23)15-16(11-6-8-12(20)9-7-11)22(18(25)17(15)24)19-21-13-4-2-3-5-14(13)26-19/h2-9,16,24H,1H3. The first-order chi connectivity index (χ1) is 12.5. The van der Waals surface area contributed by atoms with Gasteiger partial charge in [0.2, 0.25) is 0 Å². The van der Waals surface area contributed by atoms with Gasteiger partial charge in [-0.25, -0.2) is 4.98 Å². The maximum absolute atomic E-state index is 12.8. The maximum Gasteiger partial charge on any atom is 0.296 e. The first kappa shape index (κ1) is 16.9. The number of halogens is 1. The predicted molar refractivity (Wildman–Crippen MR) is 104 cm³/mol. The molecular weight excluding hydrogens is 416 g/mol. The third-order valence-corrected chi connectivity index (χ3v) is 5.83. The quantitative estimate of drug-likeness (QED) is 0.664. The van der Waals surface area contributed by atoms with Gasteiger partial charge in [0.1, 0.15) is 0 Å². The number of hydrogen-bond acceptors (Lipinski definition) is 5. The number of thiazole rings is 1. The average Bonchev–Trinajstić information content (AvgIpc) is 3.15. The molecule has 4 rings (SSSR count). The van der Waals surface area contributed by atoms with Crippen LogP contribution in [0.1, 0.15) is 18.5 Å². The van der Waals surface area contributed by atoms with Crippen molar-refractivity contribution in [3.05, 3.63) is 69.9 Å². The summed E-state index contributed by atoms with van der Waals surface area (Å²) in [6.07, 6.45) is 0. The third-order valence-electron chi connectivity index (χ3n) is 4.26. The molecule has 2 heterocycles. The Balaban J connectivity index is 1.90. The van der Waals surface area contributed by atoms with Crippen LogP contribution >= 0.6 is 27.3 Å². The van der Waals surface area contributed by atoms with Crippen molar-refractivity contribution < 1.29 is 14.7 Å². The third kappa shape index (κ3) is 2.64. The molecule has 0 saturated carbocycles. The summed E-state index contributed by atoms with van der Waals surface area (Å²) in [4.78, 5) is 30.9. The molecule has 7 heteroatoms. The second-order valence-electron chi connectivity index (χ2n) is 5.91. The van der Waals surface area contributed by atoms with Crippen molar-refractivity contribution in [2.45, 2.75) is 13.0 Å². The fourth-order valence-electron chi connectivity index (χ4n) is 3.09. The van der Waals surface area contributed by atoms with Crippen molar-refractivity contribution >= 4 is 54.3 Å². The fourth-order valence-corrected chi connectivity index (χ4v) is 4.34. The lowest BCUT2D eigenvalue weighted by Crippen LogP contribution is -2.30. The number of amides is 1. The minimum absolute atomic E-state index is 0.0941. The molecule has 26 heavy (non-hydrogen) atoms. The second kappa shape index (κ2) is 6.34. The lowest BCUT2D eigenvalue weighted by atomic mass is 9.97. The summed E-state index contributed by atoms with van der Waals surface area (Å²) in [5, 5.41) is 10.8. The molecule has 5 nitrogen and oxygen atoms in total. The molecule has 1 aromatic heterocycles. The number of carbonyl (C=O) groups excluding carboxylic acids is 2. The summed E-state index contributed by atoms with van der Waals surface area (Å²) in [6, 6.07) is 14.2. The SMILES string of the molecule is CC(=O)C1=C(O)C(=O)N(c2nc3ccccc3s2)C1c1ccc(Br)cc1. The van der Waals surface area contributed by atoms with Crippen LogP contribution in [0.2, 0.25) is 0 Å². The normalized spacial score (nSPS) is 17.4. The molecule has 2 aromatic carbocycles. The van der Waals surface area contributed by atoms with Crippen molar-refractivity contribution in [3.63, 3.8) is 0 Å². The highest BCUT2D eigenvalue weighted by molar-refractivity contribution is 9.10. The van der Waals surface area contributed by atoms with Crippen LogP contribution in [0.3, 0.4) is 0 Å². The second-order valence-corrected chi connectivity index (χ2v) is 7.84. The molecule has 0 spiro atoms. The van der Waals surface area contributed by atoms with Crippen molar-refractivity contribution in [3.8, 4) is 0 Å². The number of aromatic nitrogens is 1. The minimum Gasteiger partial charge on any atom is -0.503 e. The number of aliphatic hydroxyl groups is 1. The summed E-state index contributed by atoms with van der Waals surface area (Å²) >= 11 is 4.74. The Morgan fingerprint density at radius 2 is 1.88 bits per heavy atom. The topological polar surface area (TPSA) is 70.5 Å². The van der Waals surface area contributed by atoms with Crippen molar-refractivity contribution in [1.82, 2.24) is 4.98 Å². The van der Waals surface area contributed by atoms with Gasteiger partial charge in [-0.1, -0.05) is 51.5 Å². The van der Waals surface area contributed by atoms with Crippen LogP contribution in [-0.2, 0) is 9.59 Å². The highest BCUT2D eigenvalue weighted by Gasteiger charge is 2.44. The minimum atomic E-state index is -0.700. The Bertz CT molecular complexity index is 1040. The number of para-hydroxylation sites is 1. The van der Waals surface area contributed by atoms with E-state index < -0.39 is 17.7 Å². The van der Waals surface area contributed by atoms with E-state index in [-0.39, 0.29) is 11.4 Å². The van der Waals surface area contributed by atoms with E-state index in [1.54, 1.807) is 0 Å². The number of Topliss-reactive ketones (excluding diaryl/α,β-unsaturated/α-hetero) is 1. The van der Waals surface area contributed by atoms with E-state index in [9.17, 15) is 14.7 Å². The van der Waals surface area contributed by atoms with Crippen LogP contribution < -0.4 is 4.90 Å². The molecule has 1 N–H and O–H groups in total. The lowest BCUT2D eigenvalue weighted by Gasteiger charge is -2.24. The summed E-state index contributed by atoms with van der Waals surface area (Å²) in [6.45, 7) is 1.35. The van der Waals surface area contributed by atoms with Crippen molar-refractivity contribution in [2.75, 3.05) is 4.90 Å². The highest BCUT2D eigenvalue weighted by atomic mass is 79.9. The largest absolute Gasteiger partial charge is 0.503 e. The molecule has 0 radical (unpaired) electrons. The molecule has 1 atom stereocenters. The monoisotopic (exact) mass is 428 g/mol. The van der Waals surface area contributed by atoms with E-state index in [2.05, 4.69) is 20.9 Å². The van der Waals surface area contributed by atoms with E-state index in [1.165, 1.54) is 23.2 Å². The molecule has 0 bridgehead atoms. The lowest BCUT2D eigenvalue weighted by molar-refractivity contribution is -0.117. The number of anilines is 1. The Kier molecular flexibility index (Phi) is 4.13. The number of benzene rings is 2. The smallest absolute Gasteiger partial charge is 0.296 e. The number of hydrogen-bond donors (Lipinski definition) is 1. The highest BCUT2D eigenvalue weighted by Crippen LogP contribution is 2.43. The number of ketones is 1. The molecule has 1 aliphatic rings. The van der Waals surface area contributed by atoms with Gasteiger partial charge in [0.25, 0.3) is 5.91 Å². The van der Waals surface area contributed by atoms with Gasteiger partial charge >= 0.3 is 0 Å². The molecule has 0 saturated heterocycles. The van der Waals surface area contributed by atoms with Crippen molar-refractivity contribution in [2.24, 2.45) is 0 Å². The number of nitrogens with zero attached hydrogens (tertiary/aromatic N) is 2. The Morgan fingerprint density at radius 1 is 1.19 bits per heavy atom. The molecule has 3 aromatic rings. The Morgan fingerprint density at radius 3 is 2.54 bits per heavy atom. The number of fused-ring (bicyclic) bond motifs is 1. The van der Waals surface area contributed by atoms with Crippen LogP contribution in [0.25, 0.3) is 10.2 Å². The number of rotatable bonds is 3. The summed E-state index contributed by atoms with van der Waals surface area (Å²) in [5.74, 6) is -1.46. The van der Waals surface area contributed by atoms with Crippen LogP contribution in [0.4, 0.5) is 5.13 Å². The maximum atomic E-state index is 12.8. The average molecular weight is 429 g/mol. The summed E-state index contributed by atoms with van der Waals surface area (Å²) in [5.41, 5.74) is 1.59. The van der Waals surface area contributed by atoms with Gasteiger partial charge in [0.15, 0.2) is 16.7 Å². The molecule has 130 valence electrons. The first-order valence-electron chi connectivity index (χ1n) is 7.86. The van der Waals surface area contributed by atoms with Gasteiger partial charge < -0.3 is 5.11 Å². The van der Waals surface area contributed by atoms with E-state index >= 15 is 0 Å². The zero-order valence-electron chi connectivity index (χ0n) is 13.6. The van der Waals surface area contributed by atoms with Gasteiger partial charge in [-0.2, -0.15) is 0 Å². The van der Waals surface area contributed by atoms with Gasteiger partial charge in [0, 0.05) is 4.47 Å². The van der Waals surface area contributed by atoms with Gasteiger partial charge in [-0.05, 0) is 36.8 Å². The molecule has 0 aliphatic carbocycles. The molecule has 1 aliphatic heterocycles. The van der Waals surface area contributed by atoms with E-state index in [0.29, 0.717) is 5.13 Å². The predicted octanol–water partition coefficient (Wildman–Crippen LogP) is 4.55. The van der Waals surface area contributed by atoms with Crippen LogP contribution in [0.15, 0.2) is 64.3 Å². The van der Waals surface area contributed by atoms with Gasteiger partial charge in [-0.15, -0.1) is 0 Å². The number of aliphatic hydroxyl groups excluding tert-OH is 1. The van der Waals surface area contributed by atoms with Gasteiger partial charge in [0.05, 0.1) is 21.8 Å². The van der Waals surface area contributed by atoms with Crippen LogP contribution in [-0.4, -0.2) is 21.8 Å². The fraction of sp³-hybridized carbons (Fsp3) is 0.105. The van der Waals surface area contributed by atoms with E-state index in [1.807, 2.05) is 48.5 Å². The Labute approximate surface area is 161 Å². The van der Waals surface area contributed by atoms with Crippen LogP contribution in [0.5, 0.6) is 0 Å². The van der Waals surface area contributed by atoms with Crippen LogP contribution in [0, 0.1) is 0 Å². The summed E-state index contributed by atoms with van der Waals surface area (Å²) in [7, 11) is 0. The number of carbonyl (C=O) groups is 2. The molecule has 1 unspecified atom stereocenters. The molecule has 1 amide bonds. The molecule has 0 fully saturated rings. The molecular formula is C19H13BrN2O3S. The van der Waals surface area contributed by atoms with E-state index in [4.69, 9.17) is 0 Å². The Hall–Kier alpha value is -2.51. The zero-order chi connectivity index (χ0) is 18.4.